The summed E-state index contributed by atoms with van der Waals surface area (Å²) in [4.78, 5) is 10.6. The van der Waals surface area contributed by atoms with Crippen LogP contribution in [0.15, 0.2) is 5.38 Å². The number of halogens is 1. The zero-order chi connectivity index (χ0) is 8.43. The number of carbonyl (C=O) groups excluding carboxylic acids is 1. The topological polar surface area (TPSA) is 29.1 Å². The molecule has 1 N–H and O–H groups in total. The number of anilines is 1. The molecule has 0 spiro atoms. The lowest BCUT2D eigenvalue weighted by atomic mass is 10.3. The van der Waals surface area contributed by atoms with E-state index in [0.717, 1.165) is 10.6 Å². The summed E-state index contributed by atoms with van der Waals surface area (Å²) in [5.41, 5.74) is 0.937. The van der Waals surface area contributed by atoms with E-state index in [1.807, 2.05) is 12.3 Å². The van der Waals surface area contributed by atoms with Crippen LogP contribution >= 0.6 is 22.9 Å². The quantitative estimate of drug-likeness (QED) is 0.723. The van der Waals surface area contributed by atoms with Crippen LogP contribution in [0.4, 0.5) is 5.00 Å². The molecule has 0 radical (unpaired) electrons. The molecule has 1 rings (SSSR count). The first-order chi connectivity index (χ1) is 5.11. The minimum Gasteiger partial charge on any atom is -0.318 e. The number of hydrogen-bond donors (Lipinski definition) is 1. The fourth-order valence-corrected chi connectivity index (χ4v) is 1.85. The molecule has 4 heteroatoms. The maximum atomic E-state index is 10.6. The minimum absolute atomic E-state index is 0.0633. The number of thiophene rings is 1. The summed E-state index contributed by atoms with van der Waals surface area (Å²) in [6.45, 7) is 3.36. The van der Waals surface area contributed by atoms with Crippen LogP contribution in [0.1, 0.15) is 12.5 Å². The zero-order valence-electron chi connectivity index (χ0n) is 6.27. The second kappa shape index (κ2) is 3.24. The van der Waals surface area contributed by atoms with E-state index in [-0.39, 0.29) is 5.91 Å². The fraction of sp³-hybridized carbons (Fsp3) is 0.286. The Hall–Kier alpha value is -0.540. The van der Waals surface area contributed by atoms with E-state index in [9.17, 15) is 4.79 Å². The molecule has 0 bridgehead atoms. The Kier molecular flexibility index (Phi) is 2.52. The van der Waals surface area contributed by atoms with Crippen LogP contribution in [0.3, 0.4) is 0 Å². The van der Waals surface area contributed by atoms with Gasteiger partial charge in [-0.25, -0.2) is 0 Å². The third kappa shape index (κ3) is 1.94. The average molecular weight is 190 g/mol. The summed E-state index contributed by atoms with van der Waals surface area (Å²) < 4.78 is 0. The van der Waals surface area contributed by atoms with Crippen molar-refractivity contribution >= 4 is 33.8 Å². The van der Waals surface area contributed by atoms with E-state index < -0.39 is 0 Å². The summed E-state index contributed by atoms with van der Waals surface area (Å²) in [7, 11) is 0. The highest BCUT2D eigenvalue weighted by molar-refractivity contribution is 7.15. The van der Waals surface area contributed by atoms with Crippen molar-refractivity contribution in [3.63, 3.8) is 0 Å². The molecule has 1 aromatic rings. The van der Waals surface area contributed by atoms with Crippen LogP contribution in [0, 0.1) is 6.92 Å². The number of hydrogen-bond acceptors (Lipinski definition) is 2. The van der Waals surface area contributed by atoms with Gasteiger partial charge in [-0.15, -0.1) is 11.3 Å². The van der Waals surface area contributed by atoms with E-state index in [2.05, 4.69) is 5.32 Å². The van der Waals surface area contributed by atoms with Gasteiger partial charge in [0.05, 0.1) is 10.0 Å². The van der Waals surface area contributed by atoms with Gasteiger partial charge in [0, 0.05) is 17.9 Å². The van der Waals surface area contributed by atoms with Crippen molar-refractivity contribution in [2.75, 3.05) is 5.32 Å². The first-order valence-corrected chi connectivity index (χ1v) is 4.38. The maximum Gasteiger partial charge on any atom is 0.221 e. The molecule has 11 heavy (non-hydrogen) atoms. The van der Waals surface area contributed by atoms with Crippen LogP contribution in [0.2, 0.25) is 5.02 Å². The second-order valence-corrected chi connectivity index (χ2v) is 3.51. The lowest BCUT2D eigenvalue weighted by Crippen LogP contribution is -2.04. The number of nitrogens with one attached hydrogen (secondary N) is 1. The van der Waals surface area contributed by atoms with Crippen LogP contribution in [0.25, 0.3) is 0 Å². The standard InChI is InChI=1S/C7H8ClNOS/c1-4-6(8)3-11-7(4)9-5(2)10/h3H,1-2H3,(H,9,10). The molecule has 0 aromatic carbocycles. The largest absolute Gasteiger partial charge is 0.318 e. The van der Waals surface area contributed by atoms with Gasteiger partial charge >= 0.3 is 0 Å². The molecule has 0 fully saturated rings. The fourth-order valence-electron chi connectivity index (χ4n) is 0.679. The van der Waals surface area contributed by atoms with Crippen LogP contribution in [0.5, 0.6) is 0 Å². The van der Waals surface area contributed by atoms with Crippen LogP contribution in [-0.4, -0.2) is 5.91 Å². The van der Waals surface area contributed by atoms with Crippen molar-refractivity contribution in [3.8, 4) is 0 Å². The number of carbonyl (C=O) groups is 1. The summed E-state index contributed by atoms with van der Waals surface area (Å²) in [5.74, 6) is -0.0633. The molecule has 2 nitrogen and oxygen atoms in total. The van der Waals surface area contributed by atoms with Gasteiger partial charge in [0.15, 0.2) is 0 Å². The van der Waals surface area contributed by atoms with Crippen molar-refractivity contribution in [2.45, 2.75) is 13.8 Å². The molecule has 1 amide bonds. The molecule has 0 aliphatic carbocycles. The summed E-state index contributed by atoms with van der Waals surface area (Å²) in [5, 5.41) is 6.04. The molecule has 0 aliphatic rings. The first-order valence-electron chi connectivity index (χ1n) is 3.12. The predicted molar refractivity (Wildman–Crippen MR) is 48.4 cm³/mol. The van der Waals surface area contributed by atoms with Crippen LogP contribution in [-0.2, 0) is 4.79 Å². The number of amides is 1. The van der Waals surface area contributed by atoms with Gasteiger partial charge in [-0.05, 0) is 6.92 Å². The Labute approximate surface area is 74.2 Å². The lowest BCUT2D eigenvalue weighted by molar-refractivity contribution is -0.114. The van der Waals surface area contributed by atoms with E-state index >= 15 is 0 Å². The zero-order valence-corrected chi connectivity index (χ0v) is 7.84. The normalized spacial score (nSPS) is 9.73. The highest BCUT2D eigenvalue weighted by Crippen LogP contribution is 2.30. The third-order valence-corrected chi connectivity index (χ3v) is 2.79. The van der Waals surface area contributed by atoms with Crippen molar-refractivity contribution < 1.29 is 4.79 Å². The molecular weight excluding hydrogens is 182 g/mol. The number of rotatable bonds is 1. The highest BCUT2D eigenvalue weighted by atomic mass is 35.5. The van der Waals surface area contributed by atoms with Crippen molar-refractivity contribution in [2.24, 2.45) is 0 Å². The molecule has 0 atom stereocenters. The minimum atomic E-state index is -0.0633. The molecular formula is C7H8ClNOS. The molecule has 1 aromatic heterocycles. The van der Waals surface area contributed by atoms with E-state index in [4.69, 9.17) is 11.6 Å². The third-order valence-electron chi connectivity index (χ3n) is 1.27. The average Bonchev–Trinajstić information content (AvgIpc) is 2.18. The smallest absolute Gasteiger partial charge is 0.221 e. The van der Waals surface area contributed by atoms with Gasteiger partial charge in [0.25, 0.3) is 0 Å². The highest BCUT2D eigenvalue weighted by Gasteiger charge is 2.05. The first kappa shape index (κ1) is 8.56. The molecule has 60 valence electrons. The summed E-state index contributed by atoms with van der Waals surface area (Å²) >= 11 is 7.21. The Morgan fingerprint density at radius 3 is 2.73 bits per heavy atom. The van der Waals surface area contributed by atoms with Crippen molar-refractivity contribution in [1.29, 1.82) is 0 Å². The molecule has 1 heterocycles. The van der Waals surface area contributed by atoms with E-state index in [1.54, 1.807) is 0 Å². The van der Waals surface area contributed by atoms with Crippen molar-refractivity contribution in [3.05, 3.63) is 16.0 Å². The lowest BCUT2D eigenvalue weighted by Gasteiger charge is -1.97. The van der Waals surface area contributed by atoms with Gasteiger partial charge in [0.2, 0.25) is 5.91 Å². The Balaban J connectivity index is 2.87. The van der Waals surface area contributed by atoms with E-state index in [1.165, 1.54) is 18.3 Å². The molecule has 0 saturated heterocycles. The Morgan fingerprint density at radius 2 is 2.36 bits per heavy atom. The monoisotopic (exact) mass is 189 g/mol. The molecule has 0 unspecified atom stereocenters. The predicted octanol–water partition coefficient (Wildman–Crippen LogP) is 2.67. The SMILES string of the molecule is CC(=O)Nc1scc(Cl)c1C. The van der Waals surface area contributed by atoms with E-state index in [0.29, 0.717) is 5.02 Å². The Bertz CT molecular complexity index is 282. The van der Waals surface area contributed by atoms with Gasteiger partial charge in [-0.2, -0.15) is 0 Å². The van der Waals surface area contributed by atoms with Crippen molar-refractivity contribution in [1.82, 2.24) is 0 Å². The van der Waals surface area contributed by atoms with Gasteiger partial charge in [-0.3, -0.25) is 4.79 Å². The van der Waals surface area contributed by atoms with Gasteiger partial charge in [-0.1, -0.05) is 11.6 Å². The molecule has 0 aliphatic heterocycles. The Morgan fingerprint density at radius 1 is 1.73 bits per heavy atom. The van der Waals surface area contributed by atoms with Crippen LogP contribution < -0.4 is 5.32 Å². The molecule has 0 saturated carbocycles. The van der Waals surface area contributed by atoms with Gasteiger partial charge in [0.1, 0.15) is 0 Å². The second-order valence-electron chi connectivity index (χ2n) is 2.22. The summed E-state index contributed by atoms with van der Waals surface area (Å²) in [6, 6.07) is 0. The van der Waals surface area contributed by atoms with Gasteiger partial charge < -0.3 is 5.32 Å². The maximum absolute atomic E-state index is 10.6. The summed E-state index contributed by atoms with van der Waals surface area (Å²) in [6.07, 6.45) is 0.